The highest BCUT2D eigenvalue weighted by Crippen LogP contribution is 2.36. The largest absolute Gasteiger partial charge is 0.378 e. The summed E-state index contributed by atoms with van der Waals surface area (Å²) in [5, 5.41) is 2.40. The molecule has 138 valence electrons. The monoisotopic (exact) mass is 338 g/mol. The molecule has 3 aliphatic heterocycles. The Morgan fingerprint density at radius 3 is 2.83 bits per heavy atom. The second-order valence-electron chi connectivity index (χ2n) is 8.29. The van der Waals surface area contributed by atoms with E-state index in [0.717, 1.165) is 39.1 Å². The van der Waals surface area contributed by atoms with E-state index in [4.69, 9.17) is 9.47 Å². The van der Waals surface area contributed by atoms with Crippen molar-refractivity contribution in [3.63, 3.8) is 0 Å². The van der Waals surface area contributed by atoms with Gasteiger partial charge in [0, 0.05) is 44.2 Å². The van der Waals surface area contributed by atoms with Gasteiger partial charge in [-0.05, 0) is 51.9 Å². The molecule has 6 nitrogen and oxygen atoms in total. The van der Waals surface area contributed by atoms with E-state index >= 15 is 0 Å². The molecule has 8 atom stereocenters. The van der Waals surface area contributed by atoms with Crippen LogP contribution in [-0.2, 0) is 9.47 Å². The molecule has 6 heteroatoms. The van der Waals surface area contributed by atoms with Crippen molar-refractivity contribution in [2.75, 3.05) is 26.2 Å². The quantitative estimate of drug-likeness (QED) is 0.614. The van der Waals surface area contributed by atoms with E-state index in [1.165, 1.54) is 19.3 Å². The Labute approximate surface area is 145 Å². The summed E-state index contributed by atoms with van der Waals surface area (Å²) in [5.74, 6) is 1.37. The molecule has 0 aromatic heterocycles. The number of hydrogen-bond donors (Lipinski definition) is 3. The Kier molecular flexibility index (Phi) is 5.41. The maximum absolute atomic E-state index is 6.37. The molecule has 0 aromatic carbocycles. The van der Waals surface area contributed by atoms with Gasteiger partial charge in [0.25, 0.3) is 0 Å². The Hall–Kier alpha value is -0.240. The molecule has 3 N–H and O–H groups in total. The number of hydrazine groups is 2. The zero-order chi connectivity index (χ0) is 16.5. The van der Waals surface area contributed by atoms with Crippen molar-refractivity contribution in [3.05, 3.63) is 0 Å². The van der Waals surface area contributed by atoms with Gasteiger partial charge in [-0.15, -0.1) is 0 Å². The maximum atomic E-state index is 6.37. The number of rotatable bonds is 0. The first-order valence-corrected chi connectivity index (χ1v) is 9.95. The van der Waals surface area contributed by atoms with E-state index in [1.54, 1.807) is 0 Å². The van der Waals surface area contributed by atoms with Gasteiger partial charge in [-0.2, -0.15) is 0 Å². The fourth-order valence-corrected chi connectivity index (χ4v) is 4.96. The molecule has 3 heterocycles. The second-order valence-corrected chi connectivity index (χ2v) is 8.29. The molecule has 0 radical (unpaired) electrons. The first kappa shape index (κ1) is 17.2. The molecule has 0 spiro atoms. The summed E-state index contributed by atoms with van der Waals surface area (Å²) in [4.78, 5) is 0. The molecule has 24 heavy (non-hydrogen) atoms. The topological polar surface area (TPSA) is 57.8 Å². The van der Waals surface area contributed by atoms with E-state index < -0.39 is 0 Å². The van der Waals surface area contributed by atoms with Gasteiger partial charge < -0.3 is 9.47 Å². The number of fused-ring (bicyclic) bond motifs is 4. The smallest absolute Gasteiger partial charge is 0.0583 e. The van der Waals surface area contributed by atoms with E-state index in [0.29, 0.717) is 42.2 Å². The van der Waals surface area contributed by atoms with E-state index in [9.17, 15) is 0 Å². The van der Waals surface area contributed by atoms with Gasteiger partial charge in [0.2, 0.25) is 0 Å². The number of nitrogens with zero attached hydrogens (tertiary/aromatic N) is 1. The molecule has 1 aliphatic carbocycles. The van der Waals surface area contributed by atoms with Gasteiger partial charge in [-0.3, -0.25) is 16.3 Å². The molecule has 4 bridgehead atoms. The van der Waals surface area contributed by atoms with Crippen molar-refractivity contribution in [2.45, 2.75) is 76.3 Å². The van der Waals surface area contributed by atoms with Crippen LogP contribution in [0.25, 0.3) is 0 Å². The highest BCUT2D eigenvalue weighted by atomic mass is 16.5. The van der Waals surface area contributed by atoms with Crippen LogP contribution in [0, 0.1) is 11.8 Å². The molecule has 4 rings (SSSR count). The van der Waals surface area contributed by atoms with Crippen LogP contribution >= 0.6 is 0 Å². The Morgan fingerprint density at radius 1 is 1.00 bits per heavy atom. The zero-order valence-electron chi connectivity index (χ0n) is 15.2. The number of nitrogens with one attached hydrogen (secondary N) is 3. The van der Waals surface area contributed by atoms with Crippen LogP contribution in [0.4, 0.5) is 0 Å². The molecule has 4 fully saturated rings. The van der Waals surface area contributed by atoms with E-state index in [-0.39, 0.29) is 0 Å². The predicted octanol–water partition coefficient (Wildman–Crippen LogP) is 1.04. The summed E-state index contributed by atoms with van der Waals surface area (Å²) in [6.07, 6.45) is 6.71. The Bertz CT molecular complexity index is 424. The van der Waals surface area contributed by atoms with Crippen LogP contribution < -0.4 is 16.3 Å². The van der Waals surface area contributed by atoms with Gasteiger partial charge >= 0.3 is 0 Å². The molecule has 0 amide bonds. The number of hydrogen-bond acceptors (Lipinski definition) is 6. The summed E-state index contributed by atoms with van der Waals surface area (Å²) in [7, 11) is 0. The fourth-order valence-electron chi connectivity index (χ4n) is 4.96. The van der Waals surface area contributed by atoms with Gasteiger partial charge in [-0.1, -0.05) is 0 Å². The van der Waals surface area contributed by atoms with Crippen LogP contribution in [-0.4, -0.2) is 61.6 Å². The molecule has 0 aromatic rings. The number of ether oxygens (including phenoxy) is 2. The van der Waals surface area contributed by atoms with Gasteiger partial charge in [0.1, 0.15) is 0 Å². The standard InChI is InChI=1S/C18H34N4O2/c1-12-5-7-22-11-14(10-19-22)18-16-9-15(3-4-17(16)20-21-18)24-13(2)6-8-23-12/h12-21H,3-11H2,1-2H3/t12-,13-,14?,15?,16?,17?,18?/m1/s1. The van der Waals surface area contributed by atoms with Crippen LogP contribution in [0.15, 0.2) is 0 Å². The lowest BCUT2D eigenvalue weighted by Gasteiger charge is -2.35. The van der Waals surface area contributed by atoms with Crippen molar-refractivity contribution in [1.29, 1.82) is 0 Å². The van der Waals surface area contributed by atoms with Crippen molar-refractivity contribution < 1.29 is 9.47 Å². The minimum Gasteiger partial charge on any atom is -0.378 e. The lowest BCUT2D eigenvalue weighted by atomic mass is 9.76. The average Bonchev–Trinajstić information content (AvgIpc) is 3.18. The molecule has 4 aliphatic rings. The summed E-state index contributed by atoms with van der Waals surface area (Å²) >= 11 is 0. The van der Waals surface area contributed by atoms with E-state index in [2.05, 4.69) is 35.1 Å². The third-order valence-electron chi connectivity index (χ3n) is 6.45. The van der Waals surface area contributed by atoms with Gasteiger partial charge in [0.15, 0.2) is 0 Å². The summed E-state index contributed by atoms with van der Waals surface area (Å²) in [6, 6.07) is 1.19. The minimum absolute atomic E-state index is 0.298. The van der Waals surface area contributed by atoms with Crippen molar-refractivity contribution >= 4 is 0 Å². The highest BCUT2D eigenvalue weighted by Gasteiger charge is 2.45. The normalized spacial score (nSPS) is 50.2. The summed E-state index contributed by atoms with van der Waals surface area (Å²) in [5.41, 5.74) is 10.8. The minimum atomic E-state index is 0.298. The SMILES string of the molecule is C[C@@H]1CCN2CC(CN2)C2NNC3CCC(CC32)O[C@H](C)CCO1. The molecule has 6 unspecified atom stereocenters. The zero-order valence-corrected chi connectivity index (χ0v) is 15.2. The third kappa shape index (κ3) is 3.79. The van der Waals surface area contributed by atoms with Crippen LogP contribution in [0.3, 0.4) is 0 Å². The fraction of sp³-hybridized carbons (Fsp3) is 1.00. The summed E-state index contributed by atoms with van der Waals surface area (Å²) in [6.45, 7) is 8.50. The molecule has 3 saturated heterocycles. The Balaban J connectivity index is 1.46. The molecule has 1 saturated carbocycles. The van der Waals surface area contributed by atoms with E-state index in [1.807, 2.05) is 0 Å². The lowest BCUT2D eigenvalue weighted by Crippen LogP contribution is -2.42. The van der Waals surface area contributed by atoms with Crippen LogP contribution in [0.1, 0.15) is 46.0 Å². The maximum Gasteiger partial charge on any atom is 0.0583 e. The first-order valence-electron chi connectivity index (χ1n) is 9.95. The molecular weight excluding hydrogens is 304 g/mol. The predicted molar refractivity (Wildman–Crippen MR) is 93.2 cm³/mol. The highest BCUT2D eigenvalue weighted by molar-refractivity contribution is 5.00. The summed E-state index contributed by atoms with van der Waals surface area (Å²) < 4.78 is 12.4. The molecular formula is C18H34N4O2. The van der Waals surface area contributed by atoms with Crippen LogP contribution in [0.5, 0.6) is 0 Å². The average molecular weight is 338 g/mol. The van der Waals surface area contributed by atoms with Crippen molar-refractivity contribution in [3.8, 4) is 0 Å². The third-order valence-corrected chi connectivity index (χ3v) is 6.45. The van der Waals surface area contributed by atoms with Gasteiger partial charge in [-0.25, -0.2) is 5.01 Å². The second kappa shape index (κ2) is 7.56. The van der Waals surface area contributed by atoms with Gasteiger partial charge in [0.05, 0.1) is 18.3 Å². The van der Waals surface area contributed by atoms with Crippen molar-refractivity contribution in [1.82, 2.24) is 21.3 Å². The Morgan fingerprint density at radius 2 is 1.92 bits per heavy atom. The van der Waals surface area contributed by atoms with Crippen LogP contribution in [0.2, 0.25) is 0 Å². The van der Waals surface area contributed by atoms with Crippen molar-refractivity contribution in [2.24, 2.45) is 11.8 Å². The first-order chi connectivity index (χ1) is 11.7. The lowest BCUT2D eigenvalue weighted by molar-refractivity contribution is -0.0536.